The van der Waals surface area contributed by atoms with Gasteiger partial charge in [0.05, 0.1) is 0 Å². The van der Waals surface area contributed by atoms with Gasteiger partial charge in [0, 0.05) is 38.3 Å². The van der Waals surface area contributed by atoms with Crippen LogP contribution in [0.1, 0.15) is 85.9 Å². The van der Waals surface area contributed by atoms with Gasteiger partial charge in [0.2, 0.25) is 0 Å². The average molecular weight is 403 g/mol. The van der Waals surface area contributed by atoms with E-state index in [0.29, 0.717) is 22.3 Å². The van der Waals surface area contributed by atoms with Gasteiger partial charge >= 0.3 is 0 Å². The largest absolute Gasteiger partial charge is 0.508 e. The number of hydrogen-bond donors (Lipinski definition) is 2. The summed E-state index contributed by atoms with van der Waals surface area (Å²) in [6.45, 7) is 12.3. The fourth-order valence-corrected chi connectivity index (χ4v) is 3.76. The summed E-state index contributed by atoms with van der Waals surface area (Å²) in [5.74, 6) is -0.465. The molecule has 150 valence electrons. The van der Waals surface area contributed by atoms with Gasteiger partial charge in [-0.15, -0.1) is 0 Å². The first kappa shape index (κ1) is 22.0. The van der Waals surface area contributed by atoms with E-state index in [0.717, 1.165) is 0 Å². The molecule has 0 radical (unpaired) electrons. The van der Waals surface area contributed by atoms with Crippen LogP contribution < -0.4 is 0 Å². The number of phenolic OH excluding ortho intramolecular Hbond substituents is 2. The SMILES string of the molecule is CC(=O)c1cc(C(C)(C)C)c(O)c(C(C)(C)c2c(O)cc(Cl)cc2C(C)=O)c1. The first-order valence-corrected chi connectivity index (χ1v) is 9.48. The molecule has 4 nitrogen and oxygen atoms in total. The highest BCUT2D eigenvalue weighted by atomic mass is 35.5. The molecule has 0 aliphatic carbocycles. The minimum atomic E-state index is -0.967. The lowest BCUT2D eigenvalue weighted by atomic mass is 9.72. The van der Waals surface area contributed by atoms with E-state index in [1.54, 1.807) is 26.0 Å². The van der Waals surface area contributed by atoms with Gasteiger partial charge in [-0.05, 0) is 43.5 Å². The number of ketones is 2. The fraction of sp³-hybridized carbons (Fsp3) is 0.391. The Morgan fingerprint density at radius 2 is 1.39 bits per heavy atom. The first-order valence-electron chi connectivity index (χ1n) is 9.10. The van der Waals surface area contributed by atoms with Crippen LogP contribution in [0.3, 0.4) is 0 Å². The van der Waals surface area contributed by atoms with E-state index in [9.17, 15) is 19.8 Å². The molecule has 0 amide bonds. The number of rotatable bonds is 4. The van der Waals surface area contributed by atoms with Crippen molar-refractivity contribution in [3.05, 3.63) is 57.1 Å². The van der Waals surface area contributed by atoms with Crippen LogP contribution >= 0.6 is 11.6 Å². The average Bonchev–Trinajstić information content (AvgIpc) is 2.52. The molecule has 2 aromatic carbocycles. The minimum absolute atomic E-state index is 0.0475. The third kappa shape index (κ3) is 3.93. The van der Waals surface area contributed by atoms with Crippen LogP contribution in [-0.2, 0) is 10.8 Å². The Balaban J connectivity index is 2.93. The number of phenols is 2. The van der Waals surface area contributed by atoms with Gasteiger partial charge in [-0.3, -0.25) is 9.59 Å². The number of benzene rings is 2. The Morgan fingerprint density at radius 3 is 1.86 bits per heavy atom. The highest BCUT2D eigenvalue weighted by Crippen LogP contribution is 2.46. The van der Waals surface area contributed by atoms with Crippen molar-refractivity contribution in [3.8, 4) is 11.5 Å². The Labute approximate surface area is 171 Å². The molecule has 2 aromatic rings. The summed E-state index contributed by atoms with van der Waals surface area (Å²) in [5, 5.41) is 22.0. The van der Waals surface area contributed by atoms with Crippen molar-refractivity contribution < 1.29 is 19.8 Å². The molecule has 0 saturated heterocycles. The van der Waals surface area contributed by atoms with Crippen LogP contribution in [0.5, 0.6) is 11.5 Å². The second kappa shape index (κ2) is 7.25. The van der Waals surface area contributed by atoms with Crippen molar-refractivity contribution in [2.24, 2.45) is 0 Å². The van der Waals surface area contributed by atoms with Crippen LogP contribution in [0.4, 0.5) is 0 Å². The molecule has 0 aromatic heterocycles. The van der Waals surface area contributed by atoms with E-state index >= 15 is 0 Å². The van der Waals surface area contributed by atoms with Gasteiger partial charge < -0.3 is 10.2 Å². The Morgan fingerprint density at radius 1 is 0.857 bits per heavy atom. The number of hydrogen-bond acceptors (Lipinski definition) is 4. The van der Waals surface area contributed by atoms with Crippen molar-refractivity contribution in [2.45, 2.75) is 59.3 Å². The minimum Gasteiger partial charge on any atom is -0.508 e. The van der Waals surface area contributed by atoms with E-state index < -0.39 is 10.8 Å². The summed E-state index contributed by atoms with van der Waals surface area (Å²) in [6, 6.07) is 6.22. The summed E-state index contributed by atoms with van der Waals surface area (Å²) in [4.78, 5) is 24.4. The van der Waals surface area contributed by atoms with Crippen LogP contribution in [0, 0.1) is 0 Å². The molecule has 0 fully saturated rings. The molecule has 0 aliphatic rings. The summed E-state index contributed by atoms with van der Waals surface area (Å²) >= 11 is 6.04. The Bertz CT molecular complexity index is 966. The quantitative estimate of drug-likeness (QED) is 0.635. The zero-order chi connectivity index (χ0) is 21.6. The normalized spacial score (nSPS) is 12.1. The molecule has 0 spiro atoms. The molecular formula is C23H27ClO4. The van der Waals surface area contributed by atoms with Gasteiger partial charge in [-0.2, -0.15) is 0 Å². The van der Waals surface area contributed by atoms with Gasteiger partial charge in [-0.1, -0.05) is 46.2 Å². The van der Waals surface area contributed by atoms with E-state index in [-0.39, 0.29) is 33.7 Å². The standard InChI is InChI=1S/C23H27ClO4/c1-12(25)14-8-17(22(3,4)5)21(28)18(9-14)23(6,7)20-16(13(2)26)10-15(24)11-19(20)27/h8-11,27-28H,1-7H3. The van der Waals surface area contributed by atoms with E-state index in [4.69, 9.17) is 11.6 Å². The fourth-order valence-electron chi connectivity index (χ4n) is 3.55. The molecule has 28 heavy (non-hydrogen) atoms. The molecule has 0 aliphatic heterocycles. The van der Waals surface area contributed by atoms with Crippen LogP contribution in [-0.4, -0.2) is 21.8 Å². The van der Waals surface area contributed by atoms with Crippen LogP contribution in [0.25, 0.3) is 0 Å². The topological polar surface area (TPSA) is 74.6 Å². The molecule has 5 heteroatoms. The predicted molar refractivity (Wildman–Crippen MR) is 112 cm³/mol. The van der Waals surface area contributed by atoms with E-state index in [2.05, 4.69) is 0 Å². The Hall–Kier alpha value is -2.33. The number of carbonyl (C=O) groups excluding carboxylic acids is 2. The maximum Gasteiger partial charge on any atom is 0.160 e. The summed E-state index contributed by atoms with van der Waals surface area (Å²) < 4.78 is 0. The molecule has 2 N–H and O–H groups in total. The van der Waals surface area contributed by atoms with Crippen molar-refractivity contribution in [3.63, 3.8) is 0 Å². The second-order valence-corrected chi connectivity index (χ2v) is 9.19. The summed E-state index contributed by atoms with van der Waals surface area (Å²) in [5.41, 5.74) is 0.812. The number of Topliss-reactive ketones (excluding diaryl/α,β-unsaturated/α-hetero) is 2. The monoisotopic (exact) mass is 402 g/mol. The van der Waals surface area contributed by atoms with Crippen molar-refractivity contribution >= 4 is 23.2 Å². The van der Waals surface area contributed by atoms with Gasteiger partial charge in [0.25, 0.3) is 0 Å². The lowest BCUT2D eigenvalue weighted by Crippen LogP contribution is -2.25. The van der Waals surface area contributed by atoms with Crippen LogP contribution in [0.15, 0.2) is 24.3 Å². The highest BCUT2D eigenvalue weighted by Gasteiger charge is 2.35. The molecular weight excluding hydrogens is 376 g/mol. The molecule has 0 heterocycles. The third-order valence-corrected chi connectivity index (χ3v) is 5.30. The Kier molecular flexibility index (Phi) is 5.69. The zero-order valence-electron chi connectivity index (χ0n) is 17.4. The highest BCUT2D eigenvalue weighted by molar-refractivity contribution is 6.31. The molecule has 0 bridgehead atoms. The summed E-state index contributed by atoms with van der Waals surface area (Å²) in [6.07, 6.45) is 0. The molecule has 0 saturated carbocycles. The molecule has 2 rings (SSSR count). The second-order valence-electron chi connectivity index (χ2n) is 8.75. The lowest BCUT2D eigenvalue weighted by Gasteiger charge is -2.32. The van der Waals surface area contributed by atoms with Crippen molar-refractivity contribution in [2.75, 3.05) is 0 Å². The van der Waals surface area contributed by atoms with E-state index in [1.807, 2.05) is 20.8 Å². The zero-order valence-corrected chi connectivity index (χ0v) is 18.2. The van der Waals surface area contributed by atoms with Gasteiger partial charge in [0.1, 0.15) is 11.5 Å². The maximum absolute atomic E-state index is 12.2. The summed E-state index contributed by atoms with van der Waals surface area (Å²) in [7, 11) is 0. The smallest absolute Gasteiger partial charge is 0.160 e. The van der Waals surface area contributed by atoms with E-state index in [1.165, 1.54) is 26.0 Å². The maximum atomic E-state index is 12.2. The first-order chi connectivity index (χ1) is 12.7. The third-order valence-electron chi connectivity index (χ3n) is 5.08. The number of aromatic hydroxyl groups is 2. The molecule has 0 unspecified atom stereocenters. The van der Waals surface area contributed by atoms with Crippen molar-refractivity contribution in [1.82, 2.24) is 0 Å². The van der Waals surface area contributed by atoms with Crippen LogP contribution in [0.2, 0.25) is 5.02 Å². The van der Waals surface area contributed by atoms with Crippen molar-refractivity contribution in [1.29, 1.82) is 0 Å². The number of halogens is 1. The predicted octanol–water partition coefficient (Wildman–Crippen LogP) is 5.78. The molecule has 0 atom stereocenters. The lowest BCUT2D eigenvalue weighted by molar-refractivity contribution is 0.100. The number of carbonyl (C=O) groups is 2. The van der Waals surface area contributed by atoms with Gasteiger partial charge in [-0.25, -0.2) is 0 Å². The van der Waals surface area contributed by atoms with Gasteiger partial charge in [0.15, 0.2) is 11.6 Å².